The molecule has 0 aromatic rings. The van der Waals surface area contributed by atoms with Gasteiger partial charge in [0.1, 0.15) is 5.60 Å². The topological polar surface area (TPSA) is 55.6 Å². The van der Waals surface area contributed by atoms with E-state index in [1.807, 2.05) is 25.7 Å². The SMILES string of the molecule is CC(C)(C)OC(=O)N1CCC(C2CC2CN)CC1. The molecule has 4 heteroatoms. The number of rotatable bonds is 2. The van der Waals surface area contributed by atoms with Gasteiger partial charge in [-0.25, -0.2) is 4.79 Å². The molecule has 1 aliphatic heterocycles. The molecule has 1 heterocycles. The van der Waals surface area contributed by atoms with E-state index in [0.717, 1.165) is 50.2 Å². The van der Waals surface area contributed by atoms with Crippen LogP contribution >= 0.6 is 0 Å². The molecule has 1 saturated heterocycles. The smallest absolute Gasteiger partial charge is 0.410 e. The Morgan fingerprint density at radius 1 is 1.33 bits per heavy atom. The Kier molecular flexibility index (Phi) is 3.85. The van der Waals surface area contributed by atoms with Crippen molar-refractivity contribution in [3.63, 3.8) is 0 Å². The molecule has 0 aromatic heterocycles. The zero-order valence-electron chi connectivity index (χ0n) is 11.8. The summed E-state index contributed by atoms with van der Waals surface area (Å²) in [6.45, 7) is 8.24. The average Bonchev–Trinajstić information content (AvgIpc) is 3.06. The van der Waals surface area contributed by atoms with Crippen molar-refractivity contribution in [2.24, 2.45) is 23.5 Å². The van der Waals surface area contributed by atoms with Crippen LogP contribution in [0.3, 0.4) is 0 Å². The van der Waals surface area contributed by atoms with E-state index < -0.39 is 5.60 Å². The number of ether oxygens (including phenoxy) is 1. The molecular formula is C14H26N2O2. The van der Waals surface area contributed by atoms with Gasteiger partial charge in [-0.15, -0.1) is 0 Å². The molecule has 2 atom stereocenters. The molecule has 2 aliphatic rings. The second-order valence-electron chi connectivity index (χ2n) is 6.70. The van der Waals surface area contributed by atoms with Gasteiger partial charge in [0.2, 0.25) is 0 Å². The van der Waals surface area contributed by atoms with Gasteiger partial charge in [-0.05, 0) is 64.3 Å². The number of piperidine rings is 1. The van der Waals surface area contributed by atoms with E-state index in [1.165, 1.54) is 6.42 Å². The Bertz CT molecular complexity index is 303. The van der Waals surface area contributed by atoms with Gasteiger partial charge in [0.25, 0.3) is 0 Å². The van der Waals surface area contributed by atoms with Crippen molar-refractivity contribution in [3.05, 3.63) is 0 Å². The Morgan fingerprint density at radius 3 is 2.39 bits per heavy atom. The molecule has 0 aromatic carbocycles. The van der Waals surface area contributed by atoms with Crippen LogP contribution < -0.4 is 5.73 Å². The van der Waals surface area contributed by atoms with E-state index in [-0.39, 0.29) is 6.09 Å². The van der Waals surface area contributed by atoms with Crippen LogP contribution in [0, 0.1) is 17.8 Å². The molecule has 1 aliphatic carbocycles. The Balaban J connectivity index is 1.75. The highest BCUT2D eigenvalue weighted by Gasteiger charge is 2.43. The summed E-state index contributed by atoms with van der Waals surface area (Å²) in [7, 11) is 0. The zero-order chi connectivity index (χ0) is 13.3. The fourth-order valence-corrected chi connectivity index (χ4v) is 2.96. The van der Waals surface area contributed by atoms with Crippen molar-refractivity contribution in [2.75, 3.05) is 19.6 Å². The molecule has 2 unspecified atom stereocenters. The van der Waals surface area contributed by atoms with Gasteiger partial charge < -0.3 is 15.4 Å². The molecule has 1 saturated carbocycles. The van der Waals surface area contributed by atoms with E-state index >= 15 is 0 Å². The third-order valence-corrected chi connectivity index (χ3v) is 4.08. The molecule has 4 nitrogen and oxygen atoms in total. The summed E-state index contributed by atoms with van der Waals surface area (Å²) in [5, 5.41) is 0. The molecule has 2 N–H and O–H groups in total. The van der Waals surface area contributed by atoms with E-state index in [9.17, 15) is 4.79 Å². The third-order valence-electron chi connectivity index (χ3n) is 4.08. The van der Waals surface area contributed by atoms with Crippen LogP contribution in [-0.4, -0.2) is 36.2 Å². The fraction of sp³-hybridized carbons (Fsp3) is 0.929. The van der Waals surface area contributed by atoms with E-state index in [2.05, 4.69) is 0 Å². The lowest BCUT2D eigenvalue weighted by atomic mass is 9.91. The van der Waals surface area contributed by atoms with Gasteiger partial charge in [-0.1, -0.05) is 0 Å². The van der Waals surface area contributed by atoms with E-state index in [1.54, 1.807) is 0 Å². The highest BCUT2D eigenvalue weighted by atomic mass is 16.6. The largest absolute Gasteiger partial charge is 0.444 e. The monoisotopic (exact) mass is 254 g/mol. The molecular weight excluding hydrogens is 228 g/mol. The minimum atomic E-state index is -0.394. The summed E-state index contributed by atoms with van der Waals surface area (Å²) in [6, 6.07) is 0. The molecule has 18 heavy (non-hydrogen) atoms. The lowest BCUT2D eigenvalue weighted by Crippen LogP contribution is -2.42. The summed E-state index contributed by atoms with van der Waals surface area (Å²) < 4.78 is 5.40. The normalized spacial score (nSPS) is 29.2. The average molecular weight is 254 g/mol. The first kappa shape index (κ1) is 13.7. The van der Waals surface area contributed by atoms with Crippen LogP contribution in [0.1, 0.15) is 40.0 Å². The number of amides is 1. The summed E-state index contributed by atoms with van der Waals surface area (Å²) in [6.07, 6.45) is 3.36. The Labute approximate surface area is 110 Å². The fourth-order valence-electron chi connectivity index (χ4n) is 2.96. The Morgan fingerprint density at radius 2 is 1.94 bits per heavy atom. The third kappa shape index (κ3) is 3.37. The van der Waals surface area contributed by atoms with Crippen molar-refractivity contribution in [3.8, 4) is 0 Å². The first-order valence-electron chi connectivity index (χ1n) is 7.08. The Hall–Kier alpha value is -0.770. The number of carbonyl (C=O) groups excluding carboxylic acids is 1. The minimum Gasteiger partial charge on any atom is -0.444 e. The molecule has 1 amide bonds. The van der Waals surface area contributed by atoms with Crippen LogP contribution in [0.15, 0.2) is 0 Å². The van der Waals surface area contributed by atoms with Crippen molar-refractivity contribution in [2.45, 2.75) is 45.6 Å². The standard InChI is InChI=1S/C14H26N2O2/c1-14(2,3)18-13(17)16-6-4-10(5-7-16)12-8-11(12)9-15/h10-12H,4-9,15H2,1-3H3. The van der Waals surface area contributed by atoms with E-state index in [0.29, 0.717) is 0 Å². The number of hydrogen-bond donors (Lipinski definition) is 1. The van der Waals surface area contributed by atoms with Gasteiger partial charge in [-0.3, -0.25) is 0 Å². The van der Waals surface area contributed by atoms with Crippen molar-refractivity contribution in [1.82, 2.24) is 4.90 Å². The number of carbonyl (C=O) groups is 1. The predicted molar refractivity (Wildman–Crippen MR) is 71.2 cm³/mol. The highest BCUT2D eigenvalue weighted by Crippen LogP contribution is 2.47. The summed E-state index contributed by atoms with van der Waals surface area (Å²) >= 11 is 0. The molecule has 2 fully saturated rings. The van der Waals surface area contributed by atoms with E-state index in [4.69, 9.17) is 10.5 Å². The lowest BCUT2D eigenvalue weighted by molar-refractivity contribution is 0.0174. The predicted octanol–water partition coefficient (Wildman–Crippen LogP) is 2.23. The first-order chi connectivity index (χ1) is 8.40. The number of hydrogen-bond acceptors (Lipinski definition) is 3. The number of likely N-dealkylation sites (tertiary alicyclic amines) is 1. The molecule has 0 spiro atoms. The highest BCUT2D eigenvalue weighted by molar-refractivity contribution is 5.68. The van der Waals surface area contributed by atoms with Crippen molar-refractivity contribution in [1.29, 1.82) is 0 Å². The maximum absolute atomic E-state index is 11.9. The second kappa shape index (κ2) is 5.08. The van der Waals surface area contributed by atoms with Crippen LogP contribution in [0.25, 0.3) is 0 Å². The summed E-state index contributed by atoms with van der Waals surface area (Å²) in [5.74, 6) is 2.36. The first-order valence-corrected chi connectivity index (χ1v) is 7.08. The van der Waals surface area contributed by atoms with Crippen LogP contribution in [0.4, 0.5) is 4.79 Å². The van der Waals surface area contributed by atoms with Gasteiger partial charge in [0.15, 0.2) is 0 Å². The van der Waals surface area contributed by atoms with Gasteiger partial charge in [0.05, 0.1) is 0 Å². The molecule has 0 radical (unpaired) electrons. The molecule has 104 valence electrons. The quantitative estimate of drug-likeness (QED) is 0.822. The van der Waals surface area contributed by atoms with Crippen LogP contribution in [0.2, 0.25) is 0 Å². The second-order valence-corrected chi connectivity index (χ2v) is 6.70. The lowest BCUT2D eigenvalue weighted by Gasteiger charge is -2.33. The number of nitrogens with zero attached hydrogens (tertiary/aromatic N) is 1. The molecule has 0 bridgehead atoms. The number of nitrogens with two attached hydrogens (primary N) is 1. The minimum absolute atomic E-state index is 0.160. The van der Waals surface area contributed by atoms with Crippen molar-refractivity contribution < 1.29 is 9.53 Å². The summed E-state index contributed by atoms with van der Waals surface area (Å²) in [5.41, 5.74) is 5.30. The van der Waals surface area contributed by atoms with Gasteiger partial charge >= 0.3 is 6.09 Å². The van der Waals surface area contributed by atoms with Crippen LogP contribution in [-0.2, 0) is 4.74 Å². The van der Waals surface area contributed by atoms with Gasteiger partial charge in [-0.2, -0.15) is 0 Å². The maximum atomic E-state index is 11.9. The molecule has 2 rings (SSSR count). The van der Waals surface area contributed by atoms with Crippen LogP contribution in [0.5, 0.6) is 0 Å². The zero-order valence-corrected chi connectivity index (χ0v) is 11.8. The summed E-state index contributed by atoms with van der Waals surface area (Å²) in [4.78, 5) is 13.8. The van der Waals surface area contributed by atoms with Gasteiger partial charge in [0, 0.05) is 13.1 Å². The van der Waals surface area contributed by atoms with Crippen molar-refractivity contribution >= 4 is 6.09 Å². The maximum Gasteiger partial charge on any atom is 0.410 e.